The average Bonchev–Trinajstić information content (AvgIpc) is 3.52. The minimum Gasteiger partial charge on any atom is -0.512 e. The van der Waals surface area contributed by atoms with Crippen LogP contribution in [0.4, 0.5) is 0 Å². The van der Waals surface area contributed by atoms with Crippen LogP contribution in [0.15, 0.2) is 84.8 Å². The van der Waals surface area contributed by atoms with Crippen molar-refractivity contribution in [3.05, 3.63) is 101 Å². The van der Waals surface area contributed by atoms with Gasteiger partial charge in [-0.2, -0.15) is 0 Å². The number of ketones is 1. The SMILES string of the molecule is CC(C)Cc1cc2cccc(-c3ccnc(-c4[c-]c5ccccc5c(C(C)(C)C)c4)c3)c2s1.CCC(C)(CC)C(=O)/C=C(\O)C(C)(CC)CC.[Ir]. The molecule has 2 heterocycles. The fourth-order valence-electron chi connectivity index (χ4n) is 6.26. The maximum Gasteiger partial charge on any atom is 0.164 e. The molecule has 2 aromatic heterocycles. The van der Waals surface area contributed by atoms with Crippen LogP contribution in [0.3, 0.4) is 0 Å². The Morgan fingerprint density at radius 3 is 2.12 bits per heavy atom. The van der Waals surface area contributed by atoms with Gasteiger partial charge in [-0.1, -0.05) is 130 Å². The number of benzene rings is 3. The van der Waals surface area contributed by atoms with E-state index in [9.17, 15) is 9.90 Å². The molecular formula is C46H58IrNO2S-. The Labute approximate surface area is 325 Å². The second-order valence-corrected chi connectivity index (χ2v) is 16.9. The number of carbonyl (C=O) groups is 1. The topological polar surface area (TPSA) is 50.2 Å². The van der Waals surface area contributed by atoms with Crippen LogP contribution in [0.2, 0.25) is 0 Å². The molecule has 5 aromatic rings. The Bertz CT molecular complexity index is 1950. The van der Waals surface area contributed by atoms with Gasteiger partial charge < -0.3 is 5.11 Å². The smallest absolute Gasteiger partial charge is 0.164 e. The second-order valence-electron chi connectivity index (χ2n) is 15.8. The molecule has 3 nitrogen and oxygen atoms in total. The van der Waals surface area contributed by atoms with Crippen molar-refractivity contribution in [1.29, 1.82) is 0 Å². The number of rotatable bonds is 11. The van der Waals surface area contributed by atoms with Gasteiger partial charge in [-0.15, -0.1) is 40.5 Å². The molecule has 0 aliphatic rings. The molecular weight excluding hydrogens is 823 g/mol. The molecule has 0 saturated heterocycles. The van der Waals surface area contributed by atoms with Gasteiger partial charge >= 0.3 is 0 Å². The number of hydrogen-bond donors (Lipinski definition) is 1. The number of allylic oxidation sites excluding steroid dienone is 2. The predicted molar refractivity (Wildman–Crippen MR) is 217 cm³/mol. The fraction of sp³-hybridized carbons (Fsp3) is 0.435. The first-order valence-electron chi connectivity index (χ1n) is 18.5. The van der Waals surface area contributed by atoms with Gasteiger partial charge in [0.1, 0.15) is 5.76 Å². The largest absolute Gasteiger partial charge is 0.512 e. The van der Waals surface area contributed by atoms with E-state index >= 15 is 0 Å². The average molecular weight is 881 g/mol. The van der Waals surface area contributed by atoms with E-state index in [4.69, 9.17) is 4.98 Å². The molecule has 0 atom stereocenters. The number of aliphatic hydroxyl groups excluding tert-OH is 1. The standard InChI is InChI=1S/C31H30NS.C15H28O2.Ir/c1-20(2)15-25-17-23-10-8-12-27(30(23)33-25)22-13-14-32-29(19-22)24-16-21-9-6-7-11-26(21)28(18-24)31(3,4)5;1-7-14(5,8-2)12(16)11-13(17)15(6,9-3)10-4;/h6-14,17-20H,15H2,1-5H3;11,16H,7-10H2,1-6H3;/q-1;;/b;12-11-;. The molecule has 0 aliphatic carbocycles. The van der Waals surface area contributed by atoms with Gasteiger partial charge in [0, 0.05) is 58.5 Å². The van der Waals surface area contributed by atoms with Gasteiger partial charge in [0.05, 0.1) is 0 Å². The third-order valence-electron chi connectivity index (χ3n) is 10.7. The molecule has 0 amide bonds. The third-order valence-corrected chi connectivity index (χ3v) is 11.9. The van der Waals surface area contributed by atoms with Crippen LogP contribution in [-0.2, 0) is 36.7 Å². The normalized spacial score (nSPS) is 12.5. The summed E-state index contributed by atoms with van der Waals surface area (Å²) in [6.45, 7) is 23.5. The van der Waals surface area contributed by atoms with Gasteiger partial charge in [-0.05, 0) is 72.1 Å². The fourth-order valence-corrected chi connectivity index (χ4v) is 7.67. The van der Waals surface area contributed by atoms with E-state index in [1.807, 2.05) is 59.1 Å². The van der Waals surface area contributed by atoms with Crippen LogP contribution in [0, 0.1) is 22.8 Å². The minimum absolute atomic E-state index is 0. The number of aromatic nitrogens is 1. The van der Waals surface area contributed by atoms with Crippen molar-refractivity contribution >= 4 is 38.0 Å². The number of fused-ring (bicyclic) bond motifs is 2. The summed E-state index contributed by atoms with van der Waals surface area (Å²) in [4.78, 5) is 18.4. The van der Waals surface area contributed by atoms with Gasteiger partial charge in [-0.3, -0.25) is 9.78 Å². The zero-order chi connectivity index (χ0) is 36.9. The first kappa shape index (κ1) is 42.3. The van der Waals surface area contributed by atoms with E-state index in [1.54, 1.807) is 0 Å². The van der Waals surface area contributed by atoms with Crippen molar-refractivity contribution in [1.82, 2.24) is 4.98 Å². The molecule has 0 saturated carbocycles. The van der Waals surface area contributed by atoms with Crippen LogP contribution in [0.25, 0.3) is 43.2 Å². The summed E-state index contributed by atoms with van der Waals surface area (Å²) in [5.74, 6) is 0.947. The predicted octanol–water partition coefficient (Wildman–Crippen LogP) is 13.7. The quantitative estimate of drug-likeness (QED) is 0.0817. The van der Waals surface area contributed by atoms with E-state index in [0.29, 0.717) is 5.92 Å². The van der Waals surface area contributed by atoms with Crippen LogP contribution >= 0.6 is 11.3 Å². The Kier molecular flexibility index (Phi) is 14.6. The number of carbonyl (C=O) groups excluding carboxylic acids is 1. The number of hydrogen-bond acceptors (Lipinski definition) is 4. The van der Waals surface area contributed by atoms with Crippen molar-refractivity contribution < 1.29 is 30.0 Å². The summed E-state index contributed by atoms with van der Waals surface area (Å²) >= 11 is 1.93. The Morgan fingerprint density at radius 1 is 0.863 bits per heavy atom. The number of thiophene rings is 1. The van der Waals surface area contributed by atoms with E-state index in [2.05, 4.69) is 107 Å². The summed E-state index contributed by atoms with van der Waals surface area (Å²) in [7, 11) is 0. The summed E-state index contributed by atoms with van der Waals surface area (Å²) in [6, 6.07) is 27.8. The molecule has 275 valence electrons. The summed E-state index contributed by atoms with van der Waals surface area (Å²) in [5, 5.41) is 13.9. The maximum absolute atomic E-state index is 12.2. The molecule has 3 aromatic carbocycles. The molecule has 0 unspecified atom stereocenters. The minimum atomic E-state index is -0.337. The summed E-state index contributed by atoms with van der Waals surface area (Å²) in [6.07, 6.45) is 7.82. The molecule has 1 N–H and O–H groups in total. The van der Waals surface area contributed by atoms with E-state index in [1.165, 1.54) is 43.1 Å². The van der Waals surface area contributed by atoms with Crippen LogP contribution in [-0.4, -0.2) is 15.9 Å². The second kappa shape index (κ2) is 17.6. The van der Waals surface area contributed by atoms with Gasteiger partial charge in [0.2, 0.25) is 0 Å². The van der Waals surface area contributed by atoms with Crippen LogP contribution < -0.4 is 0 Å². The van der Waals surface area contributed by atoms with Crippen molar-refractivity contribution in [3.8, 4) is 22.4 Å². The number of pyridine rings is 1. The van der Waals surface area contributed by atoms with E-state index < -0.39 is 0 Å². The van der Waals surface area contributed by atoms with Crippen LogP contribution in [0.5, 0.6) is 0 Å². The monoisotopic (exact) mass is 881 g/mol. The summed E-state index contributed by atoms with van der Waals surface area (Å²) in [5.41, 5.74) is 5.29. The maximum atomic E-state index is 12.2. The molecule has 0 bridgehead atoms. The van der Waals surface area contributed by atoms with Crippen molar-refractivity contribution in [2.45, 2.75) is 114 Å². The number of aliphatic hydroxyl groups is 1. The summed E-state index contributed by atoms with van der Waals surface area (Å²) < 4.78 is 1.36. The molecule has 1 radical (unpaired) electrons. The molecule has 51 heavy (non-hydrogen) atoms. The van der Waals surface area contributed by atoms with Crippen molar-refractivity contribution in [2.24, 2.45) is 16.7 Å². The van der Waals surface area contributed by atoms with E-state index in [-0.39, 0.29) is 47.9 Å². The Balaban J connectivity index is 0.000000335. The van der Waals surface area contributed by atoms with E-state index in [0.717, 1.165) is 48.7 Å². The Morgan fingerprint density at radius 2 is 1.51 bits per heavy atom. The van der Waals surface area contributed by atoms with Crippen LogP contribution in [0.1, 0.15) is 112 Å². The third kappa shape index (κ3) is 9.86. The first-order valence-corrected chi connectivity index (χ1v) is 19.3. The molecule has 0 spiro atoms. The van der Waals surface area contributed by atoms with Crippen molar-refractivity contribution in [3.63, 3.8) is 0 Å². The zero-order valence-corrected chi connectivity index (χ0v) is 35.9. The van der Waals surface area contributed by atoms with Gasteiger partial charge in [0.25, 0.3) is 0 Å². The molecule has 5 rings (SSSR count). The van der Waals surface area contributed by atoms with Gasteiger partial charge in [-0.25, -0.2) is 0 Å². The van der Waals surface area contributed by atoms with Crippen molar-refractivity contribution in [2.75, 3.05) is 0 Å². The zero-order valence-electron chi connectivity index (χ0n) is 32.7. The Hall–Kier alpha value is -3.11. The number of nitrogens with zero attached hydrogens (tertiary/aromatic N) is 1. The molecule has 0 aliphatic heterocycles. The first-order chi connectivity index (χ1) is 23.6. The molecule has 0 fully saturated rings. The van der Waals surface area contributed by atoms with Gasteiger partial charge in [0.15, 0.2) is 5.78 Å². The molecule has 5 heteroatoms.